The van der Waals surface area contributed by atoms with Crippen molar-refractivity contribution in [1.82, 2.24) is 0 Å². The smallest absolute Gasteiger partial charge is 0.462 e. The van der Waals surface area contributed by atoms with Gasteiger partial charge in [-0.2, -0.15) is 0 Å². The summed E-state index contributed by atoms with van der Waals surface area (Å²) >= 11 is 0. The average molecular weight is 721 g/mol. The number of hydrogen-bond acceptors (Lipinski definition) is 6. The first-order valence-corrected chi connectivity index (χ1v) is 20.8. The Hall–Kier alpha value is -2.51. The molecule has 0 bridgehead atoms. The molecule has 0 fully saturated rings. The highest BCUT2D eigenvalue weighted by Crippen LogP contribution is 2.36. The van der Waals surface area contributed by atoms with E-state index in [0.717, 1.165) is 83.5 Å². The van der Waals surface area contributed by atoms with Crippen molar-refractivity contribution in [3.63, 3.8) is 0 Å². The number of unbranched alkanes of at least 4 members (excludes halogenated alkanes) is 12. The fourth-order valence-electron chi connectivity index (χ4n) is 4.80. The number of ether oxygens (including phenoxy) is 2. The summed E-state index contributed by atoms with van der Waals surface area (Å²) in [6, 6.07) is 0. The molecular formula is C41H69O8P. The van der Waals surface area contributed by atoms with Crippen LogP contribution in [0.2, 0.25) is 0 Å². The normalized spacial score (nSPS) is 13.3. The third-order valence-electron chi connectivity index (χ3n) is 7.68. The van der Waals surface area contributed by atoms with E-state index in [1.165, 1.54) is 32.1 Å². The van der Waals surface area contributed by atoms with Gasteiger partial charge in [0.15, 0.2) is 6.10 Å². The van der Waals surface area contributed by atoms with E-state index in [0.29, 0.717) is 12.8 Å². The number of rotatable bonds is 34. The topological polar surface area (TPSA) is 119 Å². The Morgan fingerprint density at radius 1 is 0.520 bits per heavy atom. The van der Waals surface area contributed by atoms with Crippen LogP contribution in [-0.4, -0.2) is 41.0 Å². The molecule has 0 unspecified atom stereocenters. The second-order valence-electron chi connectivity index (χ2n) is 12.5. The van der Waals surface area contributed by atoms with Crippen LogP contribution in [0.25, 0.3) is 0 Å². The van der Waals surface area contributed by atoms with Crippen LogP contribution in [0.4, 0.5) is 0 Å². The molecule has 0 spiro atoms. The van der Waals surface area contributed by atoms with E-state index in [2.05, 4.69) is 91.3 Å². The lowest BCUT2D eigenvalue weighted by molar-refractivity contribution is -0.161. The Balaban J connectivity index is 4.07. The van der Waals surface area contributed by atoms with Crippen molar-refractivity contribution in [3.8, 4) is 0 Å². The molecule has 0 amide bonds. The maximum Gasteiger partial charge on any atom is 0.469 e. The number of esters is 2. The van der Waals surface area contributed by atoms with Gasteiger partial charge in [-0.15, -0.1) is 0 Å². The molecule has 0 rings (SSSR count). The summed E-state index contributed by atoms with van der Waals surface area (Å²) in [6.07, 6.45) is 46.1. The van der Waals surface area contributed by atoms with E-state index in [9.17, 15) is 14.2 Å². The molecule has 0 radical (unpaired) electrons. The van der Waals surface area contributed by atoms with Gasteiger partial charge < -0.3 is 19.3 Å². The minimum absolute atomic E-state index is 0.167. The third-order valence-corrected chi connectivity index (χ3v) is 8.16. The third kappa shape index (κ3) is 38.3. The average Bonchev–Trinajstić information content (AvgIpc) is 3.08. The number of phosphoric ester groups is 1. The molecule has 0 aliphatic carbocycles. The maximum atomic E-state index is 12.4. The molecule has 0 saturated heterocycles. The molecule has 8 nitrogen and oxygen atoms in total. The van der Waals surface area contributed by atoms with Gasteiger partial charge in [-0.1, -0.05) is 132 Å². The Morgan fingerprint density at radius 3 is 1.44 bits per heavy atom. The van der Waals surface area contributed by atoms with Crippen LogP contribution in [-0.2, 0) is 28.2 Å². The van der Waals surface area contributed by atoms with E-state index in [1.54, 1.807) is 0 Å². The number of hydrogen-bond donors (Lipinski definition) is 2. The molecule has 50 heavy (non-hydrogen) atoms. The van der Waals surface area contributed by atoms with Crippen LogP contribution in [0.15, 0.2) is 72.9 Å². The summed E-state index contributed by atoms with van der Waals surface area (Å²) in [5.74, 6) is -0.945. The van der Waals surface area contributed by atoms with Gasteiger partial charge in [0.05, 0.1) is 6.61 Å². The summed E-state index contributed by atoms with van der Waals surface area (Å²) in [5, 5.41) is 0. The summed E-state index contributed by atoms with van der Waals surface area (Å²) in [6.45, 7) is 3.53. The molecule has 1 atom stereocenters. The van der Waals surface area contributed by atoms with Gasteiger partial charge in [0.1, 0.15) is 6.61 Å². The summed E-state index contributed by atoms with van der Waals surface area (Å²) < 4.78 is 26.3. The van der Waals surface area contributed by atoms with Gasteiger partial charge in [-0.3, -0.25) is 14.1 Å². The molecule has 0 aromatic heterocycles. The highest BCUT2D eigenvalue weighted by Gasteiger charge is 2.22. The first-order valence-electron chi connectivity index (χ1n) is 19.2. The first-order chi connectivity index (χ1) is 24.3. The predicted molar refractivity (Wildman–Crippen MR) is 207 cm³/mol. The minimum Gasteiger partial charge on any atom is -0.462 e. The molecule has 0 aromatic rings. The highest BCUT2D eigenvalue weighted by atomic mass is 31.2. The highest BCUT2D eigenvalue weighted by molar-refractivity contribution is 7.46. The SMILES string of the molecule is CCC/C=C/C/C=C/C/C=C/C/C=C/CCCCCC(=O)O[C@H](COC(=O)CCCCCCC/C=C/C/C=C/CCCCC)COP(=O)(O)O. The van der Waals surface area contributed by atoms with Crippen molar-refractivity contribution in [3.05, 3.63) is 72.9 Å². The van der Waals surface area contributed by atoms with Crippen molar-refractivity contribution >= 4 is 19.8 Å². The van der Waals surface area contributed by atoms with Gasteiger partial charge in [-0.05, 0) is 83.5 Å². The molecule has 286 valence electrons. The Kier molecular flexibility index (Phi) is 34.5. The zero-order valence-corrected chi connectivity index (χ0v) is 32.2. The maximum absolute atomic E-state index is 12.4. The summed E-state index contributed by atoms with van der Waals surface area (Å²) in [5.41, 5.74) is 0. The second-order valence-corrected chi connectivity index (χ2v) is 13.8. The molecule has 0 saturated carbocycles. The number of carbonyl (C=O) groups is 2. The van der Waals surface area contributed by atoms with Gasteiger partial charge in [0.25, 0.3) is 0 Å². The van der Waals surface area contributed by atoms with Gasteiger partial charge in [-0.25, -0.2) is 4.57 Å². The predicted octanol–water partition coefficient (Wildman–Crippen LogP) is 11.5. The zero-order valence-electron chi connectivity index (χ0n) is 31.3. The fourth-order valence-corrected chi connectivity index (χ4v) is 5.16. The van der Waals surface area contributed by atoms with Crippen molar-refractivity contribution in [2.24, 2.45) is 0 Å². The molecular weight excluding hydrogens is 651 g/mol. The Bertz CT molecular complexity index is 1040. The van der Waals surface area contributed by atoms with Crippen molar-refractivity contribution in [2.75, 3.05) is 13.2 Å². The largest absolute Gasteiger partial charge is 0.469 e. The Morgan fingerprint density at radius 2 is 0.940 bits per heavy atom. The van der Waals surface area contributed by atoms with E-state index >= 15 is 0 Å². The number of carbonyl (C=O) groups excluding carboxylic acids is 2. The van der Waals surface area contributed by atoms with Crippen molar-refractivity contribution in [1.29, 1.82) is 0 Å². The number of phosphoric acid groups is 1. The monoisotopic (exact) mass is 720 g/mol. The second kappa shape index (κ2) is 36.3. The van der Waals surface area contributed by atoms with Crippen LogP contribution < -0.4 is 0 Å². The molecule has 0 aromatic carbocycles. The van der Waals surface area contributed by atoms with Crippen molar-refractivity contribution < 1.29 is 37.9 Å². The Labute approximate surface area is 304 Å². The van der Waals surface area contributed by atoms with Crippen LogP contribution in [0.3, 0.4) is 0 Å². The molecule has 0 heterocycles. The fraction of sp³-hybridized carbons (Fsp3) is 0.659. The van der Waals surface area contributed by atoms with Gasteiger partial charge in [0, 0.05) is 12.8 Å². The standard InChI is InChI=1S/C41H69O8P/c1-3-5-7-9-11-13-15-17-19-20-22-24-26-28-30-32-34-36-41(43)49-39(38-48-50(44,45)46)37-47-40(42)35-33-31-29-27-25-23-21-18-16-14-12-10-8-6-4-2/h7,9,12-15,18-21,24,26,39H,3-6,8,10-11,16-17,22-23,25,27-38H2,1-2H3,(H2,44,45,46)/b9-7+,14-12+,15-13+,20-19+,21-18+,26-24+/t39-/m1/s1. The van der Waals surface area contributed by atoms with E-state index < -0.39 is 32.5 Å². The van der Waals surface area contributed by atoms with Crippen LogP contribution in [0.5, 0.6) is 0 Å². The number of allylic oxidation sites excluding steroid dienone is 12. The van der Waals surface area contributed by atoms with Crippen molar-refractivity contribution in [2.45, 2.75) is 161 Å². The quantitative estimate of drug-likeness (QED) is 0.0292. The van der Waals surface area contributed by atoms with Gasteiger partial charge >= 0.3 is 19.8 Å². The first kappa shape index (κ1) is 47.5. The molecule has 0 aliphatic heterocycles. The summed E-state index contributed by atoms with van der Waals surface area (Å²) in [4.78, 5) is 42.7. The lowest BCUT2D eigenvalue weighted by Gasteiger charge is -2.18. The van der Waals surface area contributed by atoms with Crippen LogP contribution in [0, 0.1) is 0 Å². The van der Waals surface area contributed by atoms with Crippen LogP contribution >= 0.6 is 7.82 Å². The lowest BCUT2D eigenvalue weighted by Crippen LogP contribution is -2.29. The van der Waals surface area contributed by atoms with Crippen LogP contribution in [0.1, 0.15) is 155 Å². The van der Waals surface area contributed by atoms with E-state index in [-0.39, 0.29) is 19.4 Å². The van der Waals surface area contributed by atoms with E-state index in [1.807, 2.05) is 0 Å². The molecule has 9 heteroatoms. The van der Waals surface area contributed by atoms with Gasteiger partial charge in [0.2, 0.25) is 0 Å². The minimum atomic E-state index is -4.77. The molecule has 2 N–H and O–H groups in total. The van der Waals surface area contributed by atoms with E-state index in [4.69, 9.17) is 19.3 Å². The zero-order chi connectivity index (χ0) is 36.8. The lowest BCUT2D eigenvalue weighted by atomic mass is 10.1. The summed E-state index contributed by atoms with van der Waals surface area (Å²) in [7, 11) is -4.77. The molecule has 0 aliphatic rings.